The molecular formula is C21H30O7. The van der Waals surface area contributed by atoms with E-state index in [0.717, 1.165) is 0 Å². The largest absolute Gasteiger partial charge is 0.466 e. The van der Waals surface area contributed by atoms with Gasteiger partial charge in [-0.3, -0.25) is 0 Å². The molecule has 0 spiro atoms. The van der Waals surface area contributed by atoms with Gasteiger partial charge in [0.25, 0.3) is 0 Å². The molecule has 1 rings (SSSR count). The van der Waals surface area contributed by atoms with Gasteiger partial charge in [-0.25, -0.2) is 9.59 Å². The molecule has 0 radical (unpaired) electrons. The molecule has 1 saturated carbocycles. The summed E-state index contributed by atoms with van der Waals surface area (Å²) in [7, 11) is 1.19. The predicted octanol–water partition coefficient (Wildman–Crippen LogP) is 1.30. The molecule has 0 bridgehead atoms. The zero-order valence-electron chi connectivity index (χ0n) is 16.7. The number of hydrogen-bond acceptors (Lipinski definition) is 7. The molecule has 0 aliphatic heterocycles. The number of aliphatic hydroxyl groups excluding tert-OH is 3. The van der Waals surface area contributed by atoms with Crippen LogP contribution in [0.25, 0.3) is 0 Å². The van der Waals surface area contributed by atoms with Gasteiger partial charge in [0.1, 0.15) is 6.10 Å². The molecule has 5 atom stereocenters. The number of ether oxygens (including phenoxy) is 2. The maximum absolute atomic E-state index is 12.4. The predicted molar refractivity (Wildman–Crippen MR) is 104 cm³/mol. The van der Waals surface area contributed by atoms with E-state index in [9.17, 15) is 24.9 Å². The highest BCUT2D eigenvalue weighted by Gasteiger charge is 2.53. The number of esters is 2. The van der Waals surface area contributed by atoms with Crippen molar-refractivity contribution in [2.75, 3.05) is 20.3 Å². The molecule has 28 heavy (non-hydrogen) atoms. The topological polar surface area (TPSA) is 113 Å². The van der Waals surface area contributed by atoms with Gasteiger partial charge >= 0.3 is 11.9 Å². The quantitative estimate of drug-likeness (QED) is 0.323. The highest BCUT2D eigenvalue weighted by atomic mass is 16.5. The molecule has 0 amide bonds. The smallest absolute Gasteiger partial charge is 0.336 e. The molecule has 1 aliphatic carbocycles. The Morgan fingerprint density at radius 1 is 1.21 bits per heavy atom. The summed E-state index contributed by atoms with van der Waals surface area (Å²) in [5.74, 6) is -3.12. The number of carbonyl (C=O) groups is 2. The molecule has 0 aromatic rings. The normalized spacial score (nSPS) is 30.3. The zero-order chi connectivity index (χ0) is 21.6. The number of methoxy groups -OCH3 is 1. The second kappa shape index (κ2) is 9.82. The molecule has 1 fully saturated rings. The van der Waals surface area contributed by atoms with E-state index in [1.54, 1.807) is 19.9 Å². The number of hydrogen-bond donors (Lipinski definition) is 3. The monoisotopic (exact) mass is 394 g/mol. The molecule has 0 saturated heterocycles. The number of aliphatic hydroxyl groups is 3. The van der Waals surface area contributed by atoms with Crippen LogP contribution < -0.4 is 0 Å². The van der Waals surface area contributed by atoms with Crippen LogP contribution in [-0.2, 0) is 19.1 Å². The molecule has 1 aliphatic rings. The van der Waals surface area contributed by atoms with Crippen molar-refractivity contribution in [3.05, 3.63) is 48.6 Å². The first-order chi connectivity index (χ1) is 13.1. The Morgan fingerprint density at radius 3 is 2.25 bits per heavy atom. The lowest BCUT2D eigenvalue weighted by atomic mass is 9.58. The van der Waals surface area contributed by atoms with Gasteiger partial charge in [-0.1, -0.05) is 32.2 Å². The van der Waals surface area contributed by atoms with E-state index in [1.807, 2.05) is 0 Å². The first-order valence-corrected chi connectivity index (χ1v) is 8.96. The molecular weight excluding hydrogens is 364 g/mol. The Bertz CT molecular complexity index is 678. The van der Waals surface area contributed by atoms with Gasteiger partial charge in [0.2, 0.25) is 0 Å². The van der Waals surface area contributed by atoms with E-state index in [1.165, 1.54) is 13.2 Å². The summed E-state index contributed by atoms with van der Waals surface area (Å²) in [6.07, 6.45) is 1.08. The highest BCUT2D eigenvalue weighted by Crippen LogP contribution is 2.50. The Morgan fingerprint density at radius 2 is 1.82 bits per heavy atom. The number of allylic oxidation sites excluding steroid dienone is 2. The summed E-state index contributed by atoms with van der Waals surface area (Å²) >= 11 is 0. The van der Waals surface area contributed by atoms with Gasteiger partial charge in [0.15, 0.2) is 0 Å². The second-order valence-electron chi connectivity index (χ2n) is 7.16. The zero-order valence-corrected chi connectivity index (χ0v) is 16.7. The Hall–Kier alpha value is -2.22. The highest BCUT2D eigenvalue weighted by molar-refractivity contribution is 5.90. The number of rotatable bonds is 8. The summed E-state index contributed by atoms with van der Waals surface area (Å²) in [4.78, 5) is 24.5. The maximum atomic E-state index is 12.4. The fourth-order valence-corrected chi connectivity index (χ4v) is 3.82. The fourth-order valence-electron chi connectivity index (χ4n) is 3.82. The SMILES string of the molecule is C=CC1(C)CC(OC(=O)C(=CC)CO)C(C(=C)C(=O)OC)C(O)C1C(=C)CO. The lowest BCUT2D eigenvalue weighted by molar-refractivity contribution is -0.161. The van der Waals surface area contributed by atoms with Gasteiger partial charge in [-0.15, -0.1) is 6.58 Å². The molecule has 7 nitrogen and oxygen atoms in total. The van der Waals surface area contributed by atoms with Crippen molar-refractivity contribution in [1.29, 1.82) is 0 Å². The van der Waals surface area contributed by atoms with Crippen LogP contribution in [-0.4, -0.2) is 59.8 Å². The van der Waals surface area contributed by atoms with Crippen LogP contribution in [0.4, 0.5) is 0 Å². The molecule has 7 heteroatoms. The minimum Gasteiger partial charge on any atom is -0.466 e. The summed E-state index contributed by atoms with van der Waals surface area (Å²) in [6, 6.07) is 0. The standard InChI is InChI=1S/C21H30O7/c1-7-14(11-23)20(26)28-15-9-21(5,8-2)17(12(3)10-22)18(24)16(15)13(4)19(25)27-6/h7-8,15-18,22-24H,2-4,9-11H2,1,5-6H3. The molecule has 0 aromatic carbocycles. The third-order valence-corrected chi connectivity index (χ3v) is 5.46. The van der Waals surface area contributed by atoms with Gasteiger partial charge in [-0.2, -0.15) is 0 Å². The third kappa shape index (κ3) is 4.60. The third-order valence-electron chi connectivity index (χ3n) is 5.46. The maximum Gasteiger partial charge on any atom is 0.336 e. The number of carbonyl (C=O) groups excluding carboxylic acids is 2. The van der Waals surface area contributed by atoms with Crippen molar-refractivity contribution >= 4 is 11.9 Å². The Kier molecular flexibility index (Phi) is 8.35. The van der Waals surface area contributed by atoms with E-state index in [4.69, 9.17) is 9.47 Å². The lowest BCUT2D eigenvalue weighted by Gasteiger charge is -2.50. The lowest BCUT2D eigenvalue weighted by Crippen LogP contribution is -2.54. The van der Waals surface area contributed by atoms with E-state index < -0.39 is 48.0 Å². The van der Waals surface area contributed by atoms with Crippen LogP contribution in [0.5, 0.6) is 0 Å². The minimum atomic E-state index is -1.23. The average molecular weight is 394 g/mol. The first-order valence-electron chi connectivity index (χ1n) is 8.96. The van der Waals surface area contributed by atoms with E-state index in [-0.39, 0.29) is 24.2 Å². The summed E-state index contributed by atoms with van der Waals surface area (Å²) < 4.78 is 10.3. The van der Waals surface area contributed by atoms with E-state index in [0.29, 0.717) is 5.57 Å². The van der Waals surface area contributed by atoms with Gasteiger partial charge in [-0.05, 0) is 24.3 Å². The molecule has 5 unspecified atom stereocenters. The van der Waals surface area contributed by atoms with Crippen molar-refractivity contribution in [3.63, 3.8) is 0 Å². The summed E-state index contributed by atoms with van der Waals surface area (Å²) in [5.41, 5.74) is -0.404. The van der Waals surface area contributed by atoms with Crippen molar-refractivity contribution in [2.45, 2.75) is 32.5 Å². The van der Waals surface area contributed by atoms with Crippen LogP contribution in [0.15, 0.2) is 48.6 Å². The Balaban J connectivity index is 3.42. The summed E-state index contributed by atoms with van der Waals surface area (Å²) in [5, 5.41) is 30.0. The van der Waals surface area contributed by atoms with Crippen LogP contribution in [0.1, 0.15) is 20.3 Å². The molecule has 0 aromatic heterocycles. The van der Waals surface area contributed by atoms with Crippen molar-refractivity contribution in [2.24, 2.45) is 17.3 Å². The Labute approximate surface area is 165 Å². The minimum absolute atomic E-state index is 0.0547. The van der Waals surface area contributed by atoms with Crippen LogP contribution in [0.3, 0.4) is 0 Å². The van der Waals surface area contributed by atoms with Gasteiger partial charge in [0.05, 0.1) is 37.9 Å². The van der Waals surface area contributed by atoms with E-state index >= 15 is 0 Å². The molecule has 156 valence electrons. The van der Waals surface area contributed by atoms with Gasteiger partial charge < -0.3 is 24.8 Å². The van der Waals surface area contributed by atoms with Crippen LogP contribution in [0, 0.1) is 17.3 Å². The summed E-state index contributed by atoms with van der Waals surface area (Å²) in [6.45, 7) is 13.9. The van der Waals surface area contributed by atoms with Crippen molar-refractivity contribution in [3.8, 4) is 0 Å². The molecule has 0 heterocycles. The van der Waals surface area contributed by atoms with Crippen molar-refractivity contribution in [1.82, 2.24) is 0 Å². The van der Waals surface area contributed by atoms with Crippen LogP contribution >= 0.6 is 0 Å². The van der Waals surface area contributed by atoms with Crippen molar-refractivity contribution < 1.29 is 34.4 Å². The second-order valence-corrected chi connectivity index (χ2v) is 7.16. The average Bonchev–Trinajstić information content (AvgIpc) is 2.67. The van der Waals surface area contributed by atoms with Gasteiger partial charge in [0, 0.05) is 11.5 Å². The fraction of sp³-hybridized carbons (Fsp3) is 0.524. The first kappa shape index (κ1) is 23.8. The van der Waals surface area contributed by atoms with E-state index in [2.05, 4.69) is 19.7 Å². The van der Waals surface area contributed by atoms with Crippen LogP contribution in [0.2, 0.25) is 0 Å². The molecule has 3 N–H and O–H groups in total.